The molecule has 0 aliphatic carbocycles. The van der Waals surface area contributed by atoms with Gasteiger partial charge in [0.05, 0.1) is 0 Å². The number of hydrogen-bond acceptors (Lipinski definition) is 2. The number of rotatable bonds is 7. The zero-order valence-corrected chi connectivity index (χ0v) is 14.0. The lowest BCUT2D eigenvalue weighted by Gasteiger charge is -2.27. The van der Waals surface area contributed by atoms with Crippen molar-refractivity contribution in [3.63, 3.8) is 0 Å². The molecule has 2 nitrogen and oxygen atoms in total. The summed E-state index contributed by atoms with van der Waals surface area (Å²) in [6.07, 6.45) is 3.11. The number of hydrogen-bond donors (Lipinski definition) is 1. The van der Waals surface area contributed by atoms with Gasteiger partial charge in [-0.1, -0.05) is 26.0 Å². The average molecular weight is 277 g/mol. The molecule has 0 bridgehead atoms. The van der Waals surface area contributed by atoms with E-state index in [4.69, 9.17) is 10.5 Å². The second kappa shape index (κ2) is 6.62. The first-order chi connectivity index (χ1) is 9.17. The third kappa shape index (κ3) is 5.54. The normalized spacial score (nSPS) is 14.2. The molecular formula is C18H31NO. The summed E-state index contributed by atoms with van der Waals surface area (Å²) < 4.78 is 6.00. The van der Waals surface area contributed by atoms with Crippen molar-refractivity contribution in [2.45, 2.75) is 77.9 Å². The summed E-state index contributed by atoms with van der Waals surface area (Å²) >= 11 is 0. The minimum Gasteiger partial charge on any atom is -0.488 e. The lowest BCUT2D eigenvalue weighted by molar-refractivity contribution is 0.105. The summed E-state index contributed by atoms with van der Waals surface area (Å²) in [7, 11) is 0. The Morgan fingerprint density at radius 3 is 2.00 bits per heavy atom. The first-order valence-corrected chi connectivity index (χ1v) is 7.74. The van der Waals surface area contributed by atoms with E-state index >= 15 is 0 Å². The van der Waals surface area contributed by atoms with E-state index in [1.807, 2.05) is 0 Å². The lowest BCUT2D eigenvalue weighted by Crippen LogP contribution is -2.33. The number of benzene rings is 1. The van der Waals surface area contributed by atoms with Gasteiger partial charge in [-0.2, -0.15) is 0 Å². The monoisotopic (exact) mass is 277 g/mol. The molecule has 0 saturated heterocycles. The van der Waals surface area contributed by atoms with Crippen LogP contribution in [0.5, 0.6) is 5.75 Å². The SMILES string of the molecule is CCC(CC(C)(C)N)c1ccc(OC(C)(C)CC)cc1. The lowest BCUT2D eigenvalue weighted by atomic mass is 9.85. The minimum atomic E-state index is -0.125. The molecule has 0 heterocycles. The number of ether oxygens (including phenoxy) is 1. The van der Waals surface area contributed by atoms with E-state index in [9.17, 15) is 0 Å². The summed E-state index contributed by atoms with van der Waals surface area (Å²) in [4.78, 5) is 0. The summed E-state index contributed by atoms with van der Waals surface area (Å²) in [6, 6.07) is 8.53. The first kappa shape index (κ1) is 17.0. The largest absolute Gasteiger partial charge is 0.488 e. The van der Waals surface area contributed by atoms with Gasteiger partial charge in [0, 0.05) is 5.54 Å². The Balaban J connectivity index is 2.79. The maximum Gasteiger partial charge on any atom is 0.120 e. The molecule has 0 radical (unpaired) electrons. The van der Waals surface area contributed by atoms with E-state index in [1.165, 1.54) is 5.56 Å². The van der Waals surface area contributed by atoms with Crippen LogP contribution in [0.3, 0.4) is 0 Å². The molecule has 2 N–H and O–H groups in total. The zero-order chi connectivity index (χ0) is 15.4. The smallest absolute Gasteiger partial charge is 0.120 e. The van der Waals surface area contributed by atoms with E-state index in [2.05, 4.69) is 65.8 Å². The van der Waals surface area contributed by atoms with Crippen molar-refractivity contribution in [1.29, 1.82) is 0 Å². The van der Waals surface area contributed by atoms with E-state index < -0.39 is 0 Å². The van der Waals surface area contributed by atoms with Crippen molar-refractivity contribution in [3.8, 4) is 5.75 Å². The van der Waals surface area contributed by atoms with Crippen LogP contribution >= 0.6 is 0 Å². The van der Waals surface area contributed by atoms with Crippen molar-refractivity contribution in [2.75, 3.05) is 0 Å². The molecule has 20 heavy (non-hydrogen) atoms. The van der Waals surface area contributed by atoms with Gasteiger partial charge in [0.1, 0.15) is 11.4 Å². The van der Waals surface area contributed by atoms with Gasteiger partial charge in [0.25, 0.3) is 0 Å². The van der Waals surface area contributed by atoms with Gasteiger partial charge in [0.15, 0.2) is 0 Å². The van der Waals surface area contributed by atoms with Crippen molar-refractivity contribution < 1.29 is 4.74 Å². The topological polar surface area (TPSA) is 35.2 Å². The van der Waals surface area contributed by atoms with Gasteiger partial charge in [-0.3, -0.25) is 0 Å². The molecule has 1 atom stereocenters. The summed E-state index contributed by atoms with van der Waals surface area (Å²) in [6.45, 7) is 12.8. The highest BCUT2D eigenvalue weighted by molar-refractivity contribution is 5.30. The highest BCUT2D eigenvalue weighted by Gasteiger charge is 2.20. The van der Waals surface area contributed by atoms with Crippen LogP contribution in [0, 0.1) is 0 Å². The van der Waals surface area contributed by atoms with E-state index in [-0.39, 0.29) is 11.1 Å². The summed E-state index contributed by atoms with van der Waals surface area (Å²) in [5.74, 6) is 1.46. The van der Waals surface area contributed by atoms with Crippen molar-refractivity contribution in [3.05, 3.63) is 29.8 Å². The minimum absolute atomic E-state index is 0.106. The van der Waals surface area contributed by atoms with Crippen LogP contribution in [0.4, 0.5) is 0 Å². The van der Waals surface area contributed by atoms with Crippen LogP contribution in [-0.2, 0) is 0 Å². The van der Waals surface area contributed by atoms with E-state index in [0.29, 0.717) is 5.92 Å². The van der Waals surface area contributed by atoms with Gasteiger partial charge < -0.3 is 10.5 Å². The van der Waals surface area contributed by atoms with Crippen LogP contribution < -0.4 is 10.5 Å². The standard InChI is InChI=1S/C18H31NO/c1-7-14(13-17(3,4)19)15-9-11-16(12-10-15)20-18(5,6)8-2/h9-12,14H,7-8,13,19H2,1-6H3. The molecule has 2 heteroatoms. The van der Waals surface area contributed by atoms with Crippen molar-refractivity contribution in [1.82, 2.24) is 0 Å². The molecule has 0 aliphatic rings. The Morgan fingerprint density at radius 1 is 1.05 bits per heavy atom. The van der Waals surface area contributed by atoms with Crippen LogP contribution in [0.15, 0.2) is 24.3 Å². The average Bonchev–Trinajstić information content (AvgIpc) is 2.35. The second-order valence-electron chi connectivity index (χ2n) is 7.08. The summed E-state index contributed by atoms with van der Waals surface area (Å²) in [5.41, 5.74) is 7.28. The molecule has 1 rings (SSSR count). The maximum atomic E-state index is 6.16. The Morgan fingerprint density at radius 2 is 1.60 bits per heavy atom. The zero-order valence-electron chi connectivity index (χ0n) is 14.0. The van der Waals surface area contributed by atoms with Crippen molar-refractivity contribution in [2.24, 2.45) is 5.73 Å². The van der Waals surface area contributed by atoms with E-state index in [0.717, 1.165) is 25.0 Å². The summed E-state index contributed by atoms with van der Waals surface area (Å²) in [5, 5.41) is 0. The predicted molar refractivity (Wildman–Crippen MR) is 87.4 cm³/mol. The molecular weight excluding hydrogens is 246 g/mol. The molecule has 0 aliphatic heterocycles. The molecule has 0 amide bonds. The molecule has 1 aromatic carbocycles. The van der Waals surface area contributed by atoms with Crippen LogP contribution in [0.2, 0.25) is 0 Å². The molecule has 1 unspecified atom stereocenters. The molecule has 0 aromatic heterocycles. The Labute approximate surface area is 124 Å². The predicted octanol–water partition coefficient (Wildman–Crippen LogP) is 4.88. The molecule has 0 fully saturated rings. The first-order valence-electron chi connectivity index (χ1n) is 7.74. The maximum absolute atomic E-state index is 6.16. The molecule has 114 valence electrons. The Bertz CT molecular complexity index is 400. The molecule has 0 spiro atoms. The Kier molecular flexibility index (Phi) is 5.64. The fourth-order valence-electron chi connectivity index (χ4n) is 2.33. The fourth-order valence-corrected chi connectivity index (χ4v) is 2.33. The van der Waals surface area contributed by atoms with Gasteiger partial charge in [0.2, 0.25) is 0 Å². The molecule has 1 aromatic rings. The third-order valence-electron chi connectivity index (χ3n) is 3.86. The highest BCUT2D eigenvalue weighted by Crippen LogP contribution is 2.30. The van der Waals surface area contributed by atoms with Crippen LogP contribution in [0.1, 0.15) is 72.3 Å². The Hall–Kier alpha value is -1.02. The highest BCUT2D eigenvalue weighted by atomic mass is 16.5. The van der Waals surface area contributed by atoms with Gasteiger partial charge in [-0.05, 0) is 70.6 Å². The quantitative estimate of drug-likeness (QED) is 0.771. The van der Waals surface area contributed by atoms with Crippen LogP contribution in [-0.4, -0.2) is 11.1 Å². The van der Waals surface area contributed by atoms with Crippen LogP contribution in [0.25, 0.3) is 0 Å². The second-order valence-corrected chi connectivity index (χ2v) is 7.08. The third-order valence-corrected chi connectivity index (χ3v) is 3.86. The van der Waals surface area contributed by atoms with Crippen molar-refractivity contribution >= 4 is 0 Å². The van der Waals surface area contributed by atoms with Gasteiger partial charge in [-0.25, -0.2) is 0 Å². The molecule has 0 saturated carbocycles. The van der Waals surface area contributed by atoms with Gasteiger partial charge >= 0.3 is 0 Å². The fraction of sp³-hybridized carbons (Fsp3) is 0.667. The van der Waals surface area contributed by atoms with Gasteiger partial charge in [-0.15, -0.1) is 0 Å². The number of nitrogens with two attached hydrogens (primary N) is 1. The van der Waals surface area contributed by atoms with E-state index in [1.54, 1.807) is 0 Å².